The Kier molecular flexibility index (Phi) is 11.5. The first kappa shape index (κ1) is 40.2. The third-order valence-electron chi connectivity index (χ3n) is 12.5. The summed E-state index contributed by atoms with van der Waals surface area (Å²) in [5, 5.41) is 10.1. The molecule has 0 aliphatic heterocycles. The maximum absolute atomic E-state index is 5.73. The van der Waals surface area contributed by atoms with Gasteiger partial charge in [0.1, 0.15) is 0 Å². The third kappa shape index (κ3) is 8.49. The summed E-state index contributed by atoms with van der Waals surface area (Å²) in [5.74, 6) is 0. The van der Waals surface area contributed by atoms with E-state index < -0.39 is 0 Å². The topological polar surface area (TPSA) is 12.4 Å². The standard InChI is InChI=1S/C46H35N.C17H14/c1-31-20-22-36(23-21-31)43(28-33-12-4-3-5-13-33)47-46-32(2)44(39-26-24-34-14-6-8-16-37(34)29-39)41-18-10-11-19-42(41)45(46)40-27-25-35-15-7-9-17-38(35)30-40;1-2-7-14(8-3-1)13-16-11-6-10-15-9-4-5-12-17(15)16/h3-27,29-30H,28H2,1-2H3;1-12H,13H2. The van der Waals surface area contributed by atoms with Gasteiger partial charge in [0, 0.05) is 12.0 Å². The molecular weight excluding hydrogens is 771 g/mol. The van der Waals surface area contributed by atoms with Crippen molar-refractivity contribution in [2.75, 3.05) is 0 Å². The fraction of sp³-hybridized carbons (Fsp3) is 0.0635. The minimum Gasteiger partial charge on any atom is -0.252 e. The van der Waals surface area contributed by atoms with Crippen molar-refractivity contribution in [3.63, 3.8) is 0 Å². The van der Waals surface area contributed by atoms with E-state index in [-0.39, 0.29) is 0 Å². The molecule has 0 spiro atoms. The molecule has 0 unspecified atom stereocenters. The predicted octanol–water partition coefficient (Wildman–Crippen LogP) is 16.9. The second-order valence-corrected chi connectivity index (χ2v) is 16.8. The molecule has 1 heteroatoms. The molecule has 0 atom stereocenters. The molecule has 11 aromatic rings. The Morgan fingerprint density at radius 2 is 0.859 bits per heavy atom. The van der Waals surface area contributed by atoms with Gasteiger partial charge in [0.05, 0.1) is 11.4 Å². The van der Waals surface area contributed by atoms with Crippen molar-refractivity contribution in [1.29, 1.82) is 0 Å². The van der Waals surface area contributed by atoms with Crippen molar-refractivity contribution >= 4 is 54.5 Å². The van der Waals surface area contributed by atoms with Crippen molar-refractivity contribution in [3.8, 4) is 22.3 Å². The molecule has 0 bridgehead atoms. The summed E-state index contributed by atoms with van der Waals surface area (Å²) in [6.07, 6.45) is 1.74. The van der Waals surface area contributed by atoms with Crippen LogP contribution in [-0.2, 0) is 12.8 Å². The highest BCUT2D eigenvalue weighted by molar-refractivity contribution is 6.14. The second-order valence-electron chi connectivity index (χ2n) is 16.8. The van der Waals surface area contributed by atoms with Crippen LogP contribution in [0.25, 0.3) is 65.3 Å². The minimum absolute atomic E-state index is 0.735. The van der Waals surface area contributed by atoms with E-state index >= 15 is 0 Å². The van der Waals surface area contributed by atoms with Crippen molar-refractivity contribution in [2.24, 2.45) is 4.99 Å². The van der Waals surface area contributed by atoms with Crippen LogP contribution < -0.4 is 0 Å². The van der Waals surface area contributed by atoms with E-state index in [0.717, 1.165) is 29.8 Å². The first-order chi connectivity index (χ1) is 31.6. The lowest BCUT2D eigenvalue weighted by Crippen LogP contribution is -2.06. The van der Waals surface area contributed by atoms with E-state index in [2.05, 4.69) is 250 Å². The van der Waals surface area contributed by atoms with Gasteiger partial charge in [0.2, 0.25) is 0 Å². The van der Waals surface area contributed by atoms with E-state index in [1.165, 1.54) is 93.2 Å². The summed E-state index contributed by atoms with van der Waals surface area (Å²) < 4.78 is 0. The van der Waals surface area contributed by atoms with Gasteiger partial charge in [-0.15, -0.1) is 0 Å². The largest absolute Gasteiger partial charge is 0.252 e. The maximum Gasteiger partial charge on any atom is 0.0753 e. The quantitative estimate of drug-likeness (QED) is 0.135. The maximum atomic E-state index is 5.73. The van der Waals surface area contributed by atoms with Gasteiger partial charge in [0.25, 0.3) is 0 Å². The van der Waals surface area contributed by atoms with Crippen LogP contribution in [0.4, 0.5) is 5.69 Å². The number of aliphatic imine (C=N–C) groups is 1. The lowest BCUT2D eigenvalue weighted by atomic mass is 9.85. The zero-order chi connectivity index (χ0) is 43.2. The van der Waals surface area contributed by atoms with Crippen LogP contribution in [0.3, 0.4) is 0 Å². The van der Waals surface area contributed by atoms with Crippen molar-refractivity contribution in [1.82, 2.24) is 0 Å². The summed E-state index contributed by atoms with van der Waals surface area (Å²) in [7, 11) is 0. The van der Waals surface area contributed by atoms with E-state index in [4.69, 9.17) is 4.99 Å². The zero-order valence-corrected chi connectivity index (χ0v) is 36.4. The lowest BCUT2D eigenvalue weighted by molar-refractivity contribution is 1.21. The molecule has 0 saturated carbocycles. The van der Waals surface area contributed by atoms with Crippen LogP contribution in [0.5, 0.6) is 0 Å². The number of hydrogen-bond acceptors (Lipinski definition) is 1. The fourth-order valence-corrected chi connectivity index (χ4v) is 9.19. The number of aryl methyl sites for hydroxylation is 1. The van der Waals surface area contributed by atoms with Crippen molar-refractivity contribution in [3.05, 3.63) is 270 Å². The minimum atomic E-state index is 0.735. The molecule has 0 saturated heterocycles. The first-order valence-corrected chi connectivity index (χ1v) is 22.3. The molecule has 1 nitrogen and oxygen atoms in total. The van der Waals surface area contributed by atoms with Crippen molar-refractivity contribution in [2.45, 2.75) is 26.7 Å². The van der Waals surface area contributed by atoms with Gasteiger partial charge >= 0.3 is 0 Å². The summed E-state index contributed by atoms with van der Waals surface area (Å²) in [6.45, 7) is 4.40. The van der Waals surface area contributed by atoms with Gasteiger partial charge in [-0.2, -0.15) is 0 Å². The number of benzene rings is 11. The van der Waals surface area contributed by atoms with Crippen LogP contribution in [0.1, 0.15) is 33.4 Å². The summed E-state index contributed by atoms with van der Waals surface area (Å²) >= 11 is 0. The van der Waals surface area contributed by atoms with Crippen molar-refractivity contribution < 1.29 is 0 Å². The predicted molar refractivity (Wildman–Crippen MR) is 275 cm³/mol. The van der Waals surface area contributed by atoms with Crippen LogP contribution >= 0.6 is 0 Å². The molecule has 0 aliphatic carbocycles. The Morgan fingerprint density at radius 1 is 0.375 bits per heavy atom. The molecule has 0 fully saturated rings. The molecule has 0 N–H and O–H groups in total. The molecular formula is C63H49N. The Bertz CT molecular complexity index is 3430. The smallest absolute Gasteiger partial charge is 0.0753 e. The molecule has 0 aromatic heterocycles. The molecule has 0 radical (unpaired) electrons. The average molecular weight is 820 g/mol. The van der Waals surface area contributed by atoms with Crippen LogP contribution in [0.2, 0.25) is 0 Å². The first-order valence-electron chi connectivity index (χ1n) is 22.3. The van der Waals surface area contributed by atoms with E-state index in [1.54, 1.807) is 0 Å². The van der Waals surface area contributed by atoms with Gasteiger partial charge in [0.15, 0.2) is 0 Å². The number of fused-ring (bicyclic) bond motifs is 4. The van der Waals surface area contributed by atoms with Crippen LogP contribution in [-0.4, -0.2) is 5.71 Å². The van der Waals surface area contributed by atoms with Gasteiger partial charge in [-0.3, -0.25) is 4.99 Å². The van der Waals surface area contributed by atoms with Gasteiger partial charge < -0.3 is 0 Å². The SMILES string of the molecule is Cc1ccc(C(Cc2ccccc2)=Nc2c(C)c(-c3ccc4ccccc4c3)c3ccccc3c2-c2ccc3ccccc3c2)cc1.c1ccc(Cc2cccc3ccccc23)cc1. The third-order valence-corrected chi connectivity index (χ3v) is 12.5. The van der Waals surface area contributed by atoms with E-state index in [1.807, 2.05) is 0 Å². The second kappa shape index (κ2) is 18.2. The Morgan fingerprint density at radius 3 is 1.48 bits per heavy atom. The zero-order valence-electron chi connectivity index (χ0n) is 36.4. The molecule has 0 amide bonds. The molecule has 11 rings (SSSR count). The monoisotopic (exact) mass is 819 g/mol. The van der Waals surface area contributed by atoms with Gasteiger partial charge in [-0.1, -0.05) is 230 Å². The van der Waals surface area contributed by atoms with Gasteiger partial charge in [-0.05, 0) is 120 Å². The summed E-state index contributed by atoms with van der Waals surface area (Å²) in [6, 6.07) is 85.0. The fourth-order valence-electron chi connectivity index (χ4n) is 9.19. The Balaban J connectivity index is 0.000000238. The average Bonchev–Trinajstić information content (AvgIpc) is 3.35. The van der Waals surface area contributed by atoms with Gasteiger partial charge in [-0.25, -0.2) is 0 Å². The summed E-state index contributed by atoms with van der Waals surface area (Å²) in [4.78, 5) is 5.73. The molecule has 306 valence electrons. The highest BCUT2D eigenvalue weighted by Gasteiger charge is 2.21. The Labute approximate surface area is 376 Å². The number of hydrogen-bond donors (Lipinski definition) is 0. The molecule has 0 heterocycles. The van der Waals surface area contributed by atoms with Crippen LogP contribution in [0, 0.1) is 13.8 Å². The summed E-state index contributed by atoms with van der Waals surface area (Å²) in [5.41, 5.74) is 14.4. The molecule has 11 aromatic carbocycles. The highest BCUT2D eigenvalue weighted by Crippen LogP contribution is 2.47. The normalized spacial score (nSPS) is 11.5. The highest BCUT2D eigenvalue weighted by atomic mass is 14.8. The van der Waals surface area contributed by atoms with E-state index in [9.17, 15) is 0 Å². The lowest BCUT2D eigenvalue weighted by Gasteiger charge is -2.21. The number of nitrogens with zero attached hydrogens (tertiary/aromatic N) is 1. The Hall–Kier alpha value is -7.87. The molecule has 64 heavy (non-hydrogen) atoms. The van der Waals surface area contributed by atoms with E-state index in [0.29, 0.717) is 0 Å². The number of rotatable bonds is 8. The molecule has 0 aliphatic rings. The van der Waals surface area contributed by atoms with Crippen LogP contribution in [0.15, 0.2) is 242 Å².